The third kappa shape index (κ3) is 4.38. The van der Waals surface area contributed by atoms with E-state index in [-0.39, 0.29) is 11.9 Å². The summed E-state index contributed by atoms with van der Waals surface area (Å²) in [5.74, 6) is -0.503. The van der Waals surface area contributed by atoms with Crippen LogP contribution in [0.3, 0.4) is 0 Å². The van der Waals surface area contributed by atoms with Crippen LogP contribution in [0.5, 0.6) is 0 Å². The lowest BCUT2D eigenvalue weighted by atomic mass is 10.1. The predicted molar refractivity (Wildman–Crippen MR) is 95.7 cm³/mol. The first-order valence-electron chi connectivity index (χ1n) is 8.80. The van der Waals surface area contributed by atoms with E-state index in [2.05, 4.69) is 24.1 Å². The number of esters is 1. The highest BCUT2D eigenvalue weighted by Gasteiger charge is 2.26. The second kappa shape index (κ2) is 9.47. The molecule has 1 rings (SSSR count). The first-order valence-corrected chi connectivity index (χ1v) is 8.80. The quantitative estimate of drug-likeness (QED) is 0.703. The molecule has 0 aliphatic heterocycles. The van der Waals surface area contributed by atoms with E-state index in [1.54, 1.807) is 6.92 Å². The molecule has 1 aromatic heterocycles. The van der Waals surface area contributed by atoms with Gasteiger partial charge in [-0.3, -0.25) is 4.79 Å². The Bertz CT molecular complexity index is 575. The summed E-state index contributed by atoms with van der Waals surface area (Å²) in [5.41, 5.74) is 2.55. The molecule has 0 fully saturated rings. The maximum atomic E-state index is 12.6. The highest BCUT2D eigenvalue weighted by atomic mass is 16.5. The first kappa shape index (κ1) is 20.2. The van der Waals surface area contributed by atoms with E-state index in [1.165, 1.54) is 0 Å². The van der Waals surface area contributed by atoms with Gasteiger partial charge in [0.25, 0.3) is 5.91 Å². The Morgan fingerprint density at radius 3 is 2.25 bits per heavy atom. The number of hydrogen-bond acceptors (Lipinski definition) is 4. The van der Waals surface area contributed by atoms with Crippen molar-refractivity contribution in [2.24, 2.45) is 0 Å². The molecule has 1 N–H and O–H groups in total. The lowest BCUT2D eigenvalue weighted by molar-refractivity contribution is 0.0512. The van der Waals surface area contributed by atoms with Gasteiger partial charge in [-0.2, -0.15) is 0 Å². The molecule has 136 valence electrons. The molecule has 24 heavy (non-hydrogen) atoms. The molecule has 0 saturated heterocycles. The van der Waals surface area contributed by atoms with E-state index in [1.807, 2.05) is 25.3 Å². The molecule has 6 heteroatoms. The summed E-state index contributed by atoms with van der Waals surface area (Å²) in [5, 5.41) is 2.97. The second-order valence-electron chi connectivity index (χ2n) is 5.68. The Morgan fingerprint density at radius 2 is 1.75 bits per heavy atom. The molecule has 0 radical (unpaired) electrons. The number of nitrogens with zero attached hydrogens (tertiary/aromatic N) is 2. The van der Waals surface area contributed by atoms with Crippen molar-refractivity contribution in [3.63, 3.8) is 0 Å². The van der Waals surface area contributed by atoms with Crippen LogP contribution in [0, 0.1) is 13.8 Å². The zero-order valence-electron chi connectivity index (χ0n) is 15.9. The number of amides is 1. The summed E-state index contributed by atoms with van der Waals surface area (Å²) in [6.45, 7) is 15.9. The molecule has 0 aliphatic rings. The fourth-order valence-electron chi connectivity index (χ4n) is 3.04. The number of aromatic nitrogens is 1. The highest BCUT2D eigenvalue weighted by molar-refractivity contribution is 6.01. The molecule has 0 saturated carbocycles. The average molecular weight is 337 g/mol. The maximum absolute atomic E-state index is 12.6. The van der Waals surface area contributed by atoms with Gasteiger partial charge in [-0.05, 0) is 46.3 Å². The second-order valence-corrected chi connectivity index (χ2v) is 5.68. The van der Waals surface area contributed by atoms with Gasteiger partial charge in [0.15, 0.2) is 0 Å². The monoisotopic (exact) mass is 337 g/mol. The van der Waals surface area contributed by atoms with Crippen LogP contribution in [-0.2, 0) is 11.3 Å². The van der Waals surface area contributed by atoms with Crippen molar-refractivity contribution in [2.75, 3.05) is 32.8 Å². The van der Waals surface area contributed by atoms with Crippen LogP contribution in [0.1, 0.15) is 59.8 Å². The van der Waals surface area contributed by atoms with E-state index in [0.717, 1.165) is 25.3 Å². The molecule has 0 unspecified atom stereocenters. The zero-order valence-corrected chi connectivity index (χ0v) is 15.9. The Balaban J connectivity index is 2.99. The number of ether oxygens (including phenoxy) is 1. The normalized spacial score (nSPS) is 11.0. The number of hydrogen-bond donors (Lipinski definition) is 1. The molecule has 1 aromatic rings. The van der Waals surface area contributed by atoms with E-state index >= 15 is 0 Å². The van der Waals surface area contributed by atoms with Gasteiger partial charge in [0.2, 0.25) is 0 Å². The predicted octanol–water partition coefficient (Wildman–Crippen LogP) is 2.37. The first-order chi connectivity index (χ1) is 11.4. The minimum absolute atomic E-state index is 0.130. The van der Waals surface area contributed by atoms with Crippen molar-refractivity contribution in [3.05, 3.63) is 22.5 Å². The van der Waals surface area contributed by atoms with Crippen molar-refractivity contribution < 1.29 is 14.3 Å². The molecule has 0 spiro atoms. The Morgan fingerprint density at radius 1 is 1.12 bits per heavy atom. The number of carbonyl (C=O) groups excluding carboxylic acids is 2. The number of likely N-dealkylation sites (N-methyl/N-ethyl adjacent to an activating group) is 1. The summed E-state index contributed by atoms with van der Waals surface area (Å²) in [6, 6.07) is 0. The minimum atomic E-state index is -0.373. The summed E-state index contributed by atoms with van der Waals surface area (Å²) >= 11 is 0. The van der Waals surface area contributed by atoms with Crippen molar-refractivity contribution in [2.45, 2.75) is 48.1 Å². The van der Waals surface area contributed by atoms with Crippen molar-refractivity contribution in [1.29, 1.82) is 0 Å². The third-order valence-corrected chi connectivity index (χ3v) is 4.39. The summed E-state index contributed by atoms with van der Waals surface area (Å²) in [6.07, 6.45) is 0. The molecule has 6 nitrogen and oxygen atoms in total. The number of rotatable bonds is 9. The SMILES string of the molecule is CCOC(=O)c1c(C)c(C(=O)NCCN(CC)CC)c(C)n1CC. The number of nitrogens with one attached hydrogen (secondary N) is 1. The molecule has 1 amide bonds. The van der Waals surface area contributed by atoms with Crippen LogP contribution >= 0.6 is 0 Å². The molecule has 0 aromatic carbocycles. The van der Waals surface area contributed by atoms with Crippen LogP contribution in [0.4, 0.5) is 0 Å². The Labute approximate surface area is 145 Å². The van der Waals surface area contributed by atoms with E-state index < -0.39 is 0 Å². The van der Waals surface area contributed by atoms with E-state index in [9.17, 15) is 9.59 Å². The lowest BCUT2D eigenvalue weighted by Crippen LogP contribution is -2.35. The zero-order chi connectivity index (χ0) is 18.3. The van der Waals surface area contributed by atoms with Gasteiger partial charge >= 0.3 is 5.97 Å². The average Bonchev–Trinajstić information content (AvgIpc) is 2.81. The molecule has 0 atom stereocenters. The Hall–Kier alpha value is -1.82. The summed E-state index contributed by atoms with van der Waals surface area (Å²) in [7, 11) is 0. The van der Waals surface area contributed by atoms with Crippen LogP contribution < -0.4 is 5.32 Å². The highest BCUT2D eigenvalue weighted by Crippen LogP contribution is 2.23. The third-order valence-electron chi connectivity index (χ3n) is 4.39. The van der Waals surface area contributed by atoms with Gasteiger partial charge in [0.1, 0.15) is 5.69 Å². The largest absolute Gasteiger partial charge is 0.461 e. The van der Waals surface area contributed by atoms with Crippen molar-refractivity contribution >= 4 is 11.9 Å². The van der Waals surface area contributed by atoms with E-state index in [0.29, 0.717) is 36.5 Å². The molecule has 0 bridgehead atoms. The molecular weight excluding hydrogens is 306 g/mol. The van der Waals surface area contributed by atoms with Gasteiger partial charge in [-0.1, -0.05) is 13.8 Å². The van der Waals surface area contributed by atoms with Crippen LogP contribution in [0.15, 0.2) is 0 Å². The van der Waals surface area contributed by atoms with Gasteiger partial charge in [0.05, 0.1) is 12.2 Å². The molecule has 1 heterocycles. The Kier molecular flexibility index (Phi) is 7.98. The standard InChI is InChI=1S/C18H31N3O3/c1-7-20(8-2)12-11-19-17(22)15-13(5)16(18(23)24-10-4)21(9-3)14(15)6/h7-12H2,1-6H3,(H,19,22). The van der Waals surface area contributed by atoms with Gasteiger partial charge in [0, 0.05) is 25.3 Å². The van der Waals surface area contributed by atoms with E-state index in [4.69, 9.17) is 4.74 Å². The smallest absolute Gasteiger partial charge is 0.355 e. The molecular formula is C18H31N3O3. The topological polar surface area (TPSA) is 63.6 Å². The van der Waals surface area contributed by atoms with Gasteiger partial charge in [-0.15, -0.1) is 0 Å². The van der Waals surface area contributed by atoms with Gasteiger partial charge in [-0.25, -0.2) is 4.79 Å². The summed E-state index contributed by atoms with van der Waals surface area (Å²) < 4.78 is 7.00. The fourth-order valence-corrected chi connectivity index (χ4v) is 3.04. The fraction of sp³-hybridized carbons (Fsp3) is 0.667. The number of carbonyl (C=O) groups is 2. The van der Waals surface area contributed by atoms with Crippen LogP contribution in [0.25, 0.3) is 0 Å². The van der Waals surface area contributed by atoms with Crippen molar-refractivity contribution in [3.8, 4) is 0 Å². The summed E-state index contributed by atoms with van der Waals surface area (Å²) in [4.78, 5) is 27.1. The maximum Gasteiger partial charge on any atom is 0.355 e. The minimum Gasteiger partial charge on any atom is -0.461 e. The molecule has 0 aliphatic carbocycles. The lowest BCUT2D eigenvalue weighted by Gasteiger charge is -2.18. The van der Waals surface area contributed by atoms with Crippen molar-refractivity contribution in [1.82, 2.24) is 14.8 Å². The van der Waals surface area contributed by atoms with Crippen LogP contribution in [-0.4, -0.2) is 54.1 Å². The van der Waals surface area contributed by atoms with Gasteiger partial charge < -0.3 is 19.5 Å². The van der Waals surface area contributed by atoms with Crippen LogP contribution in [0.2, 0.25) is 0 Å².